The van der Waals surface area contributed by atoms with E-state index in [9.17, 15) is 17.3 Å². The van der Waals surface area contributed by atoms with Crippen LogP contribution in [-0.4, -0.2) is 14.6 Å². The van der Waals surface area contributed by atoms with Crippen molar-refractivity contribution in [3.63, 3.8) is 0 Å². The van der Waals surface area contributed by atoms with Gasteiger partial charge in [0.05, 0.1) is 0 Å². The van der Waals surface area contributed by atoms with E-state index in [1.807, 2.05) is 24.3 Å². The molecule has 0 radical (unpaired) electrons. The summed E-state index contributed by atoms with van der Waals surface area (Å²) in [7, 11) is -8.92. The number of aromatic nitrogens is 4. The Labute approximate surface area is 292 Å². The largest absolute Gasteiger partial charge is 0.907 e. The fourth-order valence-electron chi connectivity index (χ4n) is 3.70. The van der Waals surface area contributed by atoms with Crippen LogP contribution in [0.2, 0.25) is 0 Å². The lowest BCUT2D eigenvalue weighted by Crippen LogP contribution is -2.56. The van der Waals surface area contributed by atoms with Gasteiger partial charge in [0.2, 0.25) is 0 Å². The molecule has 0 aliphatic carbocycles. The third kappa shape index (κ3) is 40.4. The van der Waals surface area contributed by atoms with Crippen molar-refractivity contribution < 1.29 is 50.6 Å². The van der Waals surface area contributed by atoms with Crippen LogP contribution in [0, 0.1) is 0 Å². The minimum Gasteiger partial charge on any atom is -0.907 e. The topological polar surface area (TPSA) is 84.7 Å². The second-order valence-electron chi connectivity index (χ2n) is 10.7. The molecule has 4 heterocycles. The summed E-state index contributed by atoms with van der Waals surface area (Å²) >= 11 is 0. The van der Waals surface area contributed by atoms with Crippen molar-refractivity contribution in [2.45, 2.75) is 105 Å². The van der Waals surface area contributed by atoms with Crippen LogP contribution in [0.15, 0.2) is 122 Å². The van der Waals surface area contributed by atoms with Gasteiger partial charge in [0, 0.05) is 74.2 Å². The zero-order valence-corrected chi connectivity index (χ0v) is 29.7. The first-order valence-corrected chi connectivity index (χ1v) is 17.1. The maximum Gasteiger partial charge on any atom is 0.673 e. The summed E-state index contributed by atoms with van der Waals surface area (Å²) < 4.78 is 47.8. The summed E-state index contributed by atoms with van der Waals surface area (Å²) in [6, 6.07) is 24.7. The Morgan fingerprint density at radius 2 is 0.531 bits per heavy atom. The molecule has 0 aromatic carbocycles. The Hall–Kier alpha value is -3.67. The first-order valence-electron chi connectivity index (χ1n) is 17.1. The first kappa shape index (κ1) is 47.4. The van der Waals surface area contributed by atoms with E-state index >= 15 is 0 Å². The molecule has 0 aliphatic heterocycles. The van der Waals surface area contributed by atoms with Crippen molar-refractivity contribution >= 4 is 14.6 Å². The molecule has 0 saturated carbocycles. The van der Waals surface area contributed by atoms with Crippen molar-refractivity contribution in [2.75, 3.05) is 0 Å². The average Bonchev–Trinajstić information content (AvgIpc) is 3.10. The predicted molar refractivity (Wildman–Crippen MR) is 182 cm³/mol. The van der Waals surface area contributed by atoms with Crippen LogP contribution in [-0.2, 0) is 26.2 Å². The van der Waals surface area contributed by atoms with Crippen LogP contribution in [0.3, 0.4) is 0 Å². The lowest BCUT2D eigenvalue weighted by molar-refractivity contribution is -0.697. The van der Waals surface area contributed by atoms with Gasteiger partial charge in [-0.1, -0.05) is 77.6 Å². The number of pyridine rings is 4. The predicted octanol–water partition coefficient (Wildman–Crippen LogP) is 4.45. The maximum absolute atomic E-state index is 9.75. The molecule has 0 saturated heterocycles. The number of rotatable bonds is 12. The van der Waals surface area contributed by atoms with Gasteiger partial charge in [-0.25, -0.2) is 18.3 Å². The fourth-order valence-corrected chi connectivity index (χ4v) is 3.70. The van der Waals surface area contributed by atoms with Gasteiger partial charge in [-0.05, 0) is 0 Å². The van der Waals surface area contributed by atoms with E-state index < -0.39 is 14.6 Å². The molecule has 0 unspecified atom stereocenters. The molecule has 4 aromatic heterocycles. The molecule has 0 amide bonds. The lowest BCUT2D eigenvalue weighted by Gasteiger charge is -2.35. The van der Waals surface area contributed by atoms with E-state index in [0.29, 0.717) is 0 Å². The van der Waals surface area contributed by atoms with Crippen LogP contribution < -0.4 is 33.3 Å². The summed E-state index contributed by atoms with van der Waals surface area (Å²) in [6.45, 7) is 13.4. The second kappa shape index (κ2) is 34.2. The molecular formula is C36H56B2F4N4O3. The third-order valence-electron chi connectivity index (χ3n) is 6.19. The zero-order chi connectivity index (χ0) is 37.0. The fraction of sp³-hybridized carbons (Fsp3) is 0.444. The van der Waals surface area contributed by atoms with E-state index in [1.54, 1.807) is 0 Å². The Morgan fingerprint density at radius 3 is 0.653 bits per heavy atom. The van der Waals surface area contributed by atoms with Crippen LogP contribution >= 0.6 is 0 Å². The minimum atomic E-state index is -6.00. The summed E-state index contributed by atoms with van der Waals surface area (Å²) in [6.07, 6.45) is 27.0. The highest BCUT2D eigenvalue weighted by Crippen LogP contribution is 2.06. The van der Waals surface area contributed by atoms with Crippen molar-refractivity contribution in [3.05, 3.63) is 122 Å². The van der Waals surface area contributed by atoms with Gasteiger partial charge >= 0.3 is 7.25 Å². The van der Waals surface area contributed by atoms with Crippen LogP contribution in [0.25, 0.3) is 0 Å². The van der Waals surface area contributed by atoms with Gasteiger partial charge < -0.3 is 32.3 Å². The molecular weight excluding hydrogens is 634 g/mol. The van der Waals surface area contributed by atoms with Crippen molar-refractivity contribution in [1.29, 1.82) is 0 Å². The van der Waals surface area contributed by atoms with E-state index in [1.165, 1.54) is 51.4 Å². The Kier molecular flexibility index (Phi) is 33.1. The molecule has 272 valence electrons. The summed E-state index contributed by atoms with van der Waals surface area (Å²) in [5, 5.41) is 25.2. The molecule has 4 rings (SSSR count). The zero-order valence-electron chi connectivity index (χ0n) is 29.7. The lowest BCUT2D eigenvalue weighted by atomic mass is 10.3. The van der Waals surface area contributed by atoms with Gasteiger partial charge in [0.25, 0.3) is 0 Å². The van der Waals surface area contributed by atoms with E-state index in [-0.39, 0.29) is 0 Å². The number of nitrogens with zero attached hydrogens (tertiary/aromatic N) is 4. The summed E-state index contributed by atoms with van der Waals surface area (Å²) in [4.78, 5) is 0. The van der Waals surface area contributed by atoms with Gasteiger partial charge in [0.1, 0.15) is 26.2 Å². The van der Waals surface area contributed by atoms with Gasteiger partial charge in [0.15, 0.2) is 49.6 Å². The average molecular weight is 690 g/mol. The Bertz CT molecular complexity index is 1020. The maximum atomic E-state index is 9.75. The summed E-state index contributed by atoms with van der Waals surface area (Å²) in [5.74, 6) is 0. The normalized spacial score (nSPS) is 9.69. The number of aryl methyl sites for hydroxylation is 4. The number of unbranched alkanes of at least 4 members (excludes halogenated alkanes) is 4. The molecule has 13 heteroatoms. The summed E-state index contributed by atoms with van der Waals surface area (Å²) in [5.41, 5.74) is 0. The highest BCUT2D eigenvalue weighted by Gasteiger charge is 2.20. The molecule has 0 aliphatic rings. The molecule has 49 heavy (non-hydrogen) atoms. The van der Waals surface area contributed by atoms with E-state index in [4.69, 9.17) is 15.1 Å². The minimum absolute atomic E-state index is 1.15. The molecule has 4 aromatic rings. The standard InChI is InChI=1S/4C9H14N.BF4.BO3/c4*1-2-3-7-10-8-5-4-6-9-10;2-1(3,4)5;2-1(3)4/h4*4-6,8-9H,2-3,7H2,1H3;;/q4*+1;-1;-3. The number of hydrogen-bond donors (Lipinski definition) is 0. The Balaban J connectivity index is 0. The number of hydrogen-bond acceptors (Lipinski definition) is 3. The van der Waals surface area contributed by atoms with Gasteiger partial charge in [-0.15, -0.1) is 0 Å². The second-order valence-corrected chi connectivity index (χ2v) is 10.7. The van der Waals surface area contributed by atoms with Crippen molar-refractivity contribution in [1.82, 2.24) is 0 Å². The van der Waals surface area contributed by atoms with Crippen LogP contribution in [0.4, 0.5) is 17.3 Å². The van der Waals surface area contributed by atoms with Crippen LogP contribution in [0.1, 0.15) is 79.1 Å². The van der Waals surface area contributed by atoms with Crippen molar-refractivity contribution in [2.24, 2.45) is 0 Å². The Morgan fingerprint density at radius 1 is 0.388 bits per heavy atom. The monoisotopic (exact) mass is 690 g/mol. The van der Waals surface area contributed by atoms with Crippen LogP contribution in [0.5, 0.6) is 0 Å². The van der Waals surface area contributed by atoms with Crippen molar-refractivity contribution in [3.8, 4) is 0 Å². The molecule has 0 N–H and O–H groups in total. The third-order valence-corrected chi connectivity index (χ3v) is 6.19. The number of halogens is 4. The quantitative estimate of drug-likeness (QED) is 0.125. The smallest absolute Gasteiger partial charge is 0.673 e. The first-order chi connectivity index (χ1) is 23.5. The van der Waals surface area contributed by atoms with Gasteiger partial charge in [-0.2, -0.15) is 0 Å². The SMILES string of the molecule is CCCC[n+]1ccccc1.CCCC[n+]1ccccc1.CCCC[n+]1ccccc1.CCCC[n+]1ccccc1.F[B-](F)(F)F.[O-]B([O-])[O-]. The van der Waals surface area contributed by atoms with E-state index in [2.05, 4.69) is 144 Å². The van der Waals surface area contributed by atoms with Gasteiger partial charge in [-0.3, -0.25) is 7.32 Å². The highest BCUT2D eigenvalue weighted by atomic mass is 19.5. The molecule has 0 bridgehead atoms. The molecule has 0 spiro atoms. The molecule has 0 fully saturated rings. The molecule has 7 nitrogen and oxygen atoms in total. The highest BCUT2D eigenvalue weighted by molar-refractivity contribution is 6.50. The molecule has 0 atom stereocenters. The van der Waals surface area contributed by atoms with E-state index in [0.717, 1.165) is 26.2 Å².